The van der Waals surface area contributed by atoms with Crippen LogP contribution in [0.5, 0.6) is 0 Å². The van der Waals surface area contributed by atoms with Crippen molar-refractivity contribution in [3.63, 3.8) is 0 Å². The zero-order valence-corrected chi connectivity index (χ0v) is 11.8. The summed E-state index contributed by atoms with van der Waals surface area (Å²) >= 11 is 0. The van der Waals surface area contributed by atoms with Crippen LogP contribution in [-0.4, -0.2) is 46.9 Å². The second-order valence-electron chi connectivity index (χ2n) is 6.71. The van der Waals surface area contributed by atoms with E-state index in [-0.39, 0.29) is 23.8 Å². The van der Waals surface area contributed by atoms with Crippen molar-refractivity contribution in [2.24, 2.45) is 23.2 Å². The lowest BCUT2D eigenvalue weighted by atomic mass is 9.91. The van der Waals surface area contributed by atoms with E-state index in [9.17, 15) is 19.5 Å². The summed E-state index contributed by atoms with van der Waals surface area (Å²) in [5.41, 5.74) is -0.480. The first kappa shape index (κ1) is 13.4. The second kappa shape index (κ2) is 4.20. The van der Waals surface area contributed by atoms with E-state index in [1.165, 1.54) is 0 Å². The Hall–Kier alpha value is -1.59. The molecule has 0 aromatic heterocycles. The first-order valence-corrected chi connectivity index (χ1v) is 7.16. The third kappa shape index (κ3) is 1.73. The molecule has 0 bridgehead atoms. The molecule has 2 saturated heterocycles. The first-order chi connectivity index (χ1) is 9.35. The van der Waals surface area contributed by atoms with E-state index in [0.29, 0.717) is 13.1 Å². The number of hydrogen-bond donors (Lipinski definition) is 2. The second-order valence-corrected chi connectivity index (χ2v) is 6.71. The van der Waals surface area contributed by atoms with Gasteiger partial charge in [0.25, 0.3) is 0 Å². The molecule has 110 valence electrons. The van der Waals surface area contributed by atoms with Crippen molar-refractivity contribution in [1.29, 1.82) is 0 Å². The maximum absolute atomic E-state index is 12.7. The molecule has 0 spiro atoms. The van der Waals surface area contributed by atoms with E-state index in [2.05, 4.69) is 5.32 Å². The molecule has 2 N–H and O–H groups in total. The van der Waals surface area contributed by atoms with Crippen LogP contribution < -0.4 is 5.32 Å². The van der Waals surface area contributed by atoms with Crippen molar-refractivity contribution in [3.8, 4) is 0 Å². The van der Waals surface area contributed by atoms with Gasteiger partial charge in [0.1, 0.15) is 0 Å². The fraction of sp³-hybridized carbons (Fsp3) is 0.786. The number of fused-ring (bicyclic) bond motifs is 1. The van der Waals surface area contributed by atoms with Crippen LogP contribution in [0.15, 0.2) is 0 Å². The highest BCUT2D eigenvalue weighted by Crippen LogP contribution is 2.59. The minimum absolute atomic E-state index is 0.0253. The van der Waals surface area contributed by atoms with Gasteiger partial charge in [-0.2, -0.15) is 0 Å². The number of amides is 2. The van der Waals surface area contributed by atoms with Crippen LogP contribution >= 0.6 is 0 Å². The number of hydrogen-bond acceptors (Lipinski definition) is 3. The summed E-state index contributed by atoms with van der Waals surface area (Å²) in [7, 11) is 0. The van der Waals surface area contributed by atoms with Crippen molar-refractivity contribution in [3.05, 3.63) is 0 Å². The van der Waals surface area contributed by atoms with Crippen molar-refractivity contribution < 1.29 is 19.5 Å². The Morgan fingerprint density at radius 2 is 2.05 bits per heavy atom. The fourth-order valence-corrected chi connectivity index (χ4v) is 3.96. The summed E-state index contributed by atoms with van der Waals surface area (Å²) in [6, 6.07) is -0.0883. The Bertz CT molecular complexity index is 488. The zero-order chi connectivity index (χ0) is 14.7. The van der Waals surface area contributed by atoms with E-state index >= 15 is 0 Å². The average Bonchev–Trinajstić information content (AvgIpc) is 2.77. The topological polar surface area (TPSA) is 86.7 Å². The van der Waals surface area contributed by atoms with Gasteiger partial charge in [-0.3, -0.25) is 14.4 Å². The molecule has 0 aromatic carbocycles. The van der Waals surface area contributed by atoms with E-state index in [0.717, 1.165) is 12.8 Å². The van der Waals surface area contributed by atoms with Crippen molar-refractivity contribution in [2.75, 3.05) is 13.1 Å². The summed E-state index contributed by atoms with van der Waals surface area (Å²) in [6.07, 6.45) is 1.63. The number of carboxylic acid groups (broad SMARTS) is 1. The molecule has 6 heteroatoms. The van der Waals surface area contributed by atoms with Crippen LogP contribution in [-0.2, 0) is 14.4 Å². The van der Waals surface area contributed by atoms with Crippen LogP contribution in [0.4, 0.5) is 0 Å². The normalized spacial score (nSPS) is 38.1. The number of carbonyl (C=O) groups excluding carboxylic acids is 2. The van der Waals surface area contributed by atoms with Gasteiger partial charge >= 0.3 is 5.97 Å². The maximum atomic E-state index is 12.7. The lowest BCUT2D eigenvalue weighted by Gasteiger charge is -2.36. The summed E-state index contributed by atoms with van der Waals surface area (Å²) in [4.78, 5) is 37.4. The number of aliphatic carboxylic acids is 1. The van der Waals surface area contributed by atoms with Crippen molar-refractivity contribution in [1.82, 2.24) is 10.2 Å². The highest BCUT2D eigenvalue weighted by atomic mass is 16.4. The third-order valence-electron chi connectivity index (χ3n) is 5.24. The summed E-state index contributed by atoms with van der Waals surface area (Å²) < 4.78 is 0. The minimum Gasteiger partial charge on any atom is -0.481 e. The summed E-state index contributed by atoms with van der Waals surface area (Å²) in [6.45, 7) is 4.79. The number of piperidine rings is 1. The fourth-order valence-electron chi connectivity index (χ4n) is 3.96. The Labute approximate surface area is 117 Å². The lowest BCUT2D eigenvalue weighted by molar-refractivity contribution is -0.144. The molecule has 4 atom stereocenters. The standard InChI is InChI=1S/C14H20N2O4/c1-14(2)9(10(14)13(19)20)12(18)16-5-3-4-7-8(16)6-15-11(7)17/h7-10H,3-6H2,1-2H3,(H,15,17)(H,19,20). The van der Waals surface area contributed by atoms with Crippen LogP contribution in [0.2, 0.25) is 0 Å². The molecule has 2 aliphatic heterocycles. The van der Waals surface area contributed by atoms with Crippen molar-refractivity contribution >= 4 is 17.8 Å². The highest BCUT2D eigenvalue weighted by molar-refractivity contribution is 5.93. The van der Waals surface area contributed by atoms with Crippen LogP contribution in [0.3, 0.4) is 0 Å². The molecule has 3 aliphatic rings. The molecule has 3 rings (SSSR count). The molecule has 1 aliphatic carbocycles. The van der Waals surface area contributed by atoms with Gasteiger partial charge < -0.3 is 15.3 Å². The average molecular weight is 280 g/mol. The van der Waals surface area contributed by atoms with Gasteiger partial charge in [0.2, 0.25) is 11.8 Å². The Balaban J connectivity index is 1.78. The van der Waals surface area contributed by atoms with E-state index < -0.39 is 23.2 Å². The predicted octanol–water partition coefficient (Wildman–Crippen LogP) is 0.0802. The number of rotatable bonds is 2. The molecular weight excluding hydrogens is 260 g/mol. The molecular formula is C14H20N2O4. The number of nitrogens with zero attached hydrogens (tertiary/aromatic N) is 1. The molecule has 2 heterocycles. The molecule has 3 fully saturated rings. The van der Waals surface area contributed by atoms with Crippen LogP contribution in [0.25, 0.3) is 0 Å². The zero-order valence-electron chi connectivity index (χ0n) is 11.8. The molecule has 0 aromatic rings. The predicted molar refractivity (Wildman–Crippen MR) is 69.6 cm³/mol. The van der Waals surface area contributed by atoms with Crippen LogP contribution in [0, 0.1) is 23.2 Å². The van der Waals surface area contributed by atoms with Gasteiger partial charge in [0.05, 0.1) is 23.8 Å². The number of nitrogens with one attached hydrogen (secondary N) is 1. The van der Waals surface area contributed by atoms with E-state index in [4.69, 9.17) is 0 Å². The first-order valence-electron chi connectivity index (χ1n) is 7.16. The molecule has 0 radical (unpaired) electrons. The minimum atomic E-state index is -0.900. The molecule has 2 amide bonds. The van der Waals surface area contributed by atoms with Gasteiger partial charge in [-0.15, -0.1) is 0 Å². The Morgan fingerprint density at radius 1 is 1.35 bits per heavy atom. The quantitative estimate of drug-likeness (QED) is 0.750. The SMILES string of the molecule is CC1(C)C(C(=O)O)C1C(=O)N1CCCC2C(=O)NCC21. The number of likely N-dealkylation sites (tertiary alicyclic amines) is 1. The van der Waals surface area contributed by atoms with Crippen molar-refractivity contribution in [2.45, 2.75) is 32.7 Å². The van der Waals surface area contributed by atoms with Gasteiger partial charge in [-0.1, -0.05) is 13.8 Å². The summed E-state index contributed by atoms with van der Waals surface area (Å²) in [5.74, 6) is -2.12. The highest BCUT2D eigenvalue weighted by Gasteiger charge is 2.67. The molecule has 20 heavy (non-hydrogen) atoms. The van der Waals surface area contributed by atoms with E-state index in [1.54, 1.807) is 4.90 Å². The maximum Gasteiger partial charge on any atom is 0.307 e. The molecule has 6 nitrogen and oxygen atoms in total. The van der Waals surface area contributed by atoms with Gasteiger partial charge in [0, 0.05) is 13.1 Å². The van der Waals surface area contributed by atoms with Gasteiger partial charge in [0.15, 0.2) is 0 Å². The lowest BCUT2D eigenvalue weighted by Crippen LogP contribution is -2.49. The largest absolute Gasteiger partial charge is 0.481 e. The molecule has 4 unspecified atom stereocenters. The third-order valence-corrected chi connectivity index (χ3v) is 5.24. The number of carboxylic acids is 1. The van der Waals surface area contributed by atoms with E-state index in [1.807, 2.05) is 13.8 Å². The Kier molecular flexibility index (Phi) is 2.81. The van der Waals surface area contributed by atoms with Crippen LogP contribution in [0.1, 0.15) is 26.7 Å². The smallest absolute Gasteiger partial charge is 0.307 e. The molecule has 1 saturated carbocycles. The monoisotopic (exact) mass is 280 g/mol. The number of carbonyl (C=O) groups is 3. The summed E-state index contributed by atoms with van der Waals surface area (Å²) in [5, 5.41) is 12.0. The van der Waals surface area contributed by atoms with Gasteiger partial charge in [-0.05, 0) is 18.3 Å². The Morgan fingerprint density at radius 3 is 2.65 bits per heavy atom. The van der Waals surface area contributed by atoms with Gasteiger partial charge in [-0.25, -0.2) is 0 Å².